The van der Waals surface area contributed by atoms with Crippen molar-refractivity contribution in [2.75, 3.05) is 5.75 Å². The second-order valence-electron chi connectivity index (χ2n) is 2.25. The van der Waals surface area contributed by atoms with Crippen molar-refractivity contribution in [3.63, 3.8) is 0 Å². The van der Waals surface area contributed by atoms with Gasteiger partial charge in [0.25, 0.3) is 0 Å². The molecule has 0 fully saturated rings. The molecule has 0 spiro atoms. The average molecular weight is 186 g/mol. The third-order valence-corrected chi connectivity index (χ3v) is 2.55. The fourth-order valence-corrected chi connectivity index (χ4v) is 1.26. The van der Waals surface area contributed by atoms with Crippen LogP contribution in [0.15, 0.2) is 23.6 Å². The highest BCUT2D eigenvalue weighted by Gasteiger charge is 1.95. The second-order valence-corrected chi connectivity index (χ2v) is 4.04. The van der Waals surface area contributed by atoms with E-state index < -0.39 is 10.8 Å². The maximum absolute atomic E-state index is 11.1. The van der Waals surface area contributed by atoms with E-state index in [1.165, 1.54) is 0 Å². The van der Waals surface area contributed by atoms with Crippen LogP contribution in [0.2, 0.25) is 0 Å². The van der Waals surface area contributed by atoms with Crippen molar-refractivity contribution in [3.8, 4) is 0 Å². The molecule has 0 radical (unpaired) electrons. The number of hydrogen-bond acceptors (Lipinski definition) is 2. The van der Waals surface area contributed by atoms with E-state index in [2.05, 4.69) is 6.58 Å². The van der Waals surface area contributed by atoms with Gasteiger partial charge in [0.2, 0.25) is 0 Å². The molecule has 3 heteroatoms. The number of carbonyl (C=O) groups excluding carboxylic acids is 1. The molecule has 0 bridgehead atoms. The summed E-state index contributed by atoms with van der Waals surface area (Å²) in [5, 5.41) is 0. The van der Waals surface area contributed by atoms with Crippen molar-refractivity contribution in [2.24, 2.45) is 0 Å². The summed E-state index contributed by atoms with van der Waals surface area (Å²) >= 11 is 0. The van der Waals surface area contributed by atoms with Crippen molar-refractivity contribution in [1.82, 2.24) is 0 Å². The molecule has 12 heavy (non-hydrogen) atoms. The fraction of sp³-hybridized carbons (Fsp3) is 0.444. The van der Waals surface area contributed by atoms with Gasteiger partial charge in [0, 0.05) is 17.1 Å². The van der Waals surface area contributed by atoms with Gasteiger partial charge in [0.05, 0.1) is 10.8 Å². The van der Waals surface area contributed by atoms with Gasteiger partial charge < -0.3 is 4.79 Å². The zero-order valence-corrected chi connectivity index (χ0v) is 8.10. The lowest BCUT2D eigenvalue weighted by Gasteiger charge is -1.94. The lowest BCUT2D eigenvalue weighted by molar-refractivity contribution is -0.107. The minimum atomic E-state index is -0.947. The van der Waals surface area contributed by atoms with Gasteiger partial charge in [-0.25, -0.2) is 0 Å². The Balaban J connectivity index is 3.75. The molecule has 2 nitrogen and oxygen atoms in total. The third kappa shape index (κ3) is 5.02. The minimum absolute atomic E-state index is 0.516. The van der Waals surface area contributed by atoms with Gasteiger partial charge in [-0.15, -0.1) is 0 Å². The monoisotopic (exact) mass is 186 g/mol. The summed E-state index contributed by atoms with van der Waals surface area (Å²) in [7, 11) is -0.947. The zero-order valence-electron chi connectivity index (χ0n) is 7.29. The van der Waals surface area contributed by atoms with Gasteiger partial charge >= 0.3 is 0 Å². The summed E-state index contributed by atoms with van der Waals surface area (Å²) in [6, 6.07) is 0. The van der Waals surface area contributed by atoms with Crippen molar-refractivity contribution in [1.29, 1.82) is 0 Å². The second kappa shape index (κ2) is 6.98. The maximum Gasteiger partial charge on any atom is 0.120 e. The Morgan fingerprint density at radius 3 is 2.67 bits per heavy atom. The predicted molar refractivity (Wildman–Crippen MR) is 52.3 cm³/mol. The van der Waals surface area contributed by atoms with Crippen LogP contribution < -0.4 is 0 Å². The van der Waals surface area contributed by atoms with Gasteiger partial charge in [-0.1, -0.05) is 25.7 Å². The lowest BCUT2D eigenvalue weighted by Crippen LogP contribution is -1.92. The number of aldehydes is 1. The fourth-order valence-electron chi connectivity index (χ4n) is 0.640. The molecule has 0 aliphatic carbocycles. The van der Waals surface area contributed by atoms with Crippen LogP contribution in [0.5, 0.6) is 0 Å². The van der Waals surface area contributed by atoms with E-state index in [0.717, 1.165) is 6.29 Å². The van der Waals surface area contributed by atoms with E-state index in [4.69, 9.17) is 0 Å². The molecule has 0 aromatic carbocycles. The Hall–Kier alpha value is -0.700. The van der Waals surface area contributed by atoms with Crippen molar-refractivity contribution in [2.45, 2.75) is 19.8 Å². The smallest absolute Gasteiger partial charge is 0.120 e. The van der Waals surface area contributed by atoms with E-state index in [1.807, 2.05) is 13.0 Å². The topological polar surface area (TPSA) is 34.1 Å². The molecule has 1 atom stereocenters. The number of carbonyl (C=O) groups is 1. The molecule has 0 saturated carbocycles. The summed E-state index contributed by atoms with van der Waals surface area (Å²) in [5.41, 5.74) is 0. The maximum atomic E-state index is 11.1. The standard InChI is InChI=1S/C9H14O2S/c1-3-12(11)9(2)7-5-4-6-8-10/h5,7-8H,2-4,6H2,1H3/b7-5-. The van der Waals surface area contributed by atoms with E-state index in [-0.39, 0.29) is 0 Å². The summed E-state index contributed by atoms with van der Waals surface area (Å²) in [6.45, 7) is 5.50. The Labute approximate surface area is 75.8 Å². The van der Waals surface area contributed by atoms with Crippen LogP contribution in [-0.4, -0.2) is 16.2 Å². The van der Waals surface area contributed by atoms with Gasteiger partial charge in [-0.05, 0) is 6.42 Å². The van der Waals surface area contributed by atoms with E-state index >= 15 is 0 Å². The normalized spacial score (nSPS) is 13.1. The number of unbranched alkanes of at least 4 members (excludes halogenated alkanes) is 1. The molecule has 0 aliphatic rings. The Kier molecular flexibility index (Phi) is 6.57. The van der Waals surface area contributed by atoms with Crippen molar-refractivity contribution in [3.05, 3.63) is 23.6 Å². The van der Waals surface area contributed by atoms with Crippen LogP contribution >= 0.6 is 0 Å². The first-order valence-electron chi connectivity index (χ1n) is 3.89. The summed E-state index contributed by atoms with van der Waals surface area (Å²) in [6.07, 6.45) is 5.63. The van der Waals surface area contributed by atoms with Crippen LogP contribution in [0.25, 0.3) is 0 Å². The highest BCUT2D eigenvalue weighted by molar-refractivity contribution is 7.89. The zero-order chi connectivity index (χ0) is 9.40. The molecule has 0 aromatic rings. The molecule has 68 valence electrons. The van der Waals surface area contributed by atoms with E-state index in [1.54, 1.807) is 6.08 Å². The lowest BCUT2D eigenvalue weighted by atomic mass is 10.3. The first-order valence-corrected chi connectivity index (χ1v) is 5.21. The number of rotatable bonds is 6. The van der Waals surface area contributed by atoms with Gasteiger partial charge in [-0.3, -0.25) is 4.21 Å². The Morgan fingerprint density at radius 2 is 2.17 bits per heavy atom. The largest absolute Gasteiger partial charge is 0.303 e. The summed E-state index contributed by atoms with van der Waals surface area (Å²) < 4.78 is 11.1. The first kappa shape index (κ1) is 11.3. The van der Waals surface area contributed by atoms with Crippen LogP contribution in [0.4, 0.5) is 0 Å². The van der Waals surface area contributed by atoms with Crippen LogP contribution in [-0.2, 0) is 15.6 Å². The molecule has 0 saturated heterocycles. The summed E-state index contributed by atoms with van der Waals surface area (Å²) in [5.74, 6) is 0.594. The highest BCUT2D eigenvalue weighted by atomic mass is 32.2. The molecular formula is C9H14O2S. The number of hydrogen-bond donors (Lipinski definition) is 0. The van der Waals surface area contributed by atoms with Crippen molar-refractivity contribution < 1.29 is 9.00 Å². The van der Waals surface area contributed by atoms with Crippen molar-refractivity contribution >= 4 is 17.1 Å². The molecule has 1 unspecified atom stereocenters. The predicted octanol–water partition coefficient (Wildman–Crippen LogP) is 1.80. The van der Waals surface area contributed by atoms with E-state index in [9.17, 15) is 9.00 Å². The summed E-state index contributed by atoms with van der Waals surface area (Å²) in [4.78, 5) is 10.6. The molecular weight excluding hydrogens is 172 g/mol. The van der Waals surface area contributed by atoms with Gasteiger partial charge in [-0.2, -0.15) is 0 Å². The molecule has 0 rings (SSSR count). The first-order chi connectivity index (χ1) is 5.72. The molecule has 0 amide bonds. The van der Waals surface area contributed by atoms with Gasteiger partial charge in [0.1, 0.15) is 6.29 Å². The van der Waals surface area contributed by atoms with Crippen LogP contribution in [0.3, 0.4) is 0 Å². The Bertz CT molecular complexity index is 207. The average Bonchev–Trinajstić information content (AvgIpc) is 2.10. The SMILES string of the molecule is C=C(/C=C\CCC=O)S(=O)CC. The van der Waals surface area contributed by atoms with Gasteiger partial charge in [0.15, 0.2) is 0 Å². The number of allylic oxidation sites excluding steroid dienone is 2. The quantitative estimate of drug-likeness (QED) is 0.360. The molecule has 0 N–H and O–H groups in total. The third-order valence-electron chi connectivity index (χ3n) is 1.31. The van der Waals surface area contributed by atoms with Crippen LogP contribution in [0, 0.1) is 0 Å². The Morgan fingerprint density at radius 1 is 1.50 bits per heavy atom. The highest BCUT2D eigenvalue weighted by Crippen LogP contribution is 2.01. The molecule has 0 aliphatic heterocycles. The van der Waals surface area contributed by atoms with E-state index in [0.29, 0.717) is 23.5 Å². The molecule has 0 aromatic heterocycles. The minimum Gasteiger partial charge on any atom is -0.303 e. The molecule has 0 heterocycles. The van der Waals surface area contributed by atoms with Crippen LogP contribution in [0.1, 0.15) is 19.8 Å².